The largest absolute Gasteiger partial charge is 0.508 e. The fraction of sp³-hybridized carbons (Fsp3) is 0.0909. The molecule has 0 saturated heterocycles. The first-order valence-electron chi connectivity index (χ1n) is 8.67. The van der Waals surface area contributed by atoms with Gasteiger partial charge in [-0.1, -0.05) is 36.4 Å². The van der Waals surface area contributed by atoms with Crippen molar-refractivity contribution >= 4 is 34.0 Å². The number of fused-ring (bicyclic) bond motifs is 2. The molecule has 0 bridgehead atoms. The van der Waals surface area contributed by atoms with Crippen molar-refractivity contribution in [3.05, 3.63) is 77.5 Å². The number of aromatic hydroxyl groups is 1. The predicted molar refractivity (Wildman–Crippen MR) is 111 cm³/mol. The Hall–Kier alpha value is -3.80. The van der Waals surface area contributed by atoms with Crippen LogP contribution in [0.2, 0.25) is 0 Å². The summed E-state index contributed by atoms with van der Waals surface area (Å²) in [5.74, 6) is 0.353. The molecule has 0 amide bonds. The van der Waals surface area contributed by atoms with Gasteiger partial charge in [0.2, 0.25) is 0 Å². The normalized spacial score (nSPS) is 10.5. The maximum Gasteiger partial charge on any atom is 0.290 e. The van der Waals surface area contributed by atoms with Gasteiger partial charge in [-0.25, -0.2) is 0 Å². The van der Waals surface area contributed by atoms with Crippen molar-refractivity contribution in [3.8, 4) is 5.75 Å². The first-order valence-corrected chi connectivity index (χ1v) is 8.67. The van der Waals surface area contributed by atoms with E-state index < -0.39 is 0 Å². The molecule has 142 valence electrons. The smallest absolute Gasteiger partial charge is 0.290 e. The Balaban J connectivity index is 0.000000706. The molecule has 6 nitrogen and oxygen atoms in total. The number of amidine groups is 1. The maximum atomic E-state index is 9.71. The van der Waals surface area contributed by atoms with E-state index in [1.165, 1.54) is 5.56 Å². The van der Waals surface area contributed by atoms with Crippen LogP contribution >= 0.6 is 0 Å². The fourth-order valence-electron chi connectivity index (χ4n) is 3.42. The zero-order chi connectivity index (χ0) is 20.3. The van der Waals surface area contributed by atoms with Crippen LogP contribution in [0.5, 0.6) is 5.75 Å². The Bertz CT molecular complexity index is 1180. The summed E-state index contributed by atoms with van der Waals surface area (Å²) in [4.78, 5) is 8.36. The fourth-order valence-corrected chi connectivity index (χ4v) is 3.42. The van der Waals surface area contributed by atoms with Crippen LogP contribution in [0.15, 0.2) is 60.7 Å². The van der Waals surface area contributed by atoms with E-state index >= 15 is 0 Å². The molecule has 0 aliphatic rings. The molecule has 4 aromatic rings. The number of nitrogen functional groups attached to an aromatic ring is 1. The number of carboxylic acid groups (broad SMARTS) is 1. The number of nitrogens with one attached hydrogen (secondary N) is 1. The highest BCUT2D eigenvalue weighted by molar-refractivity contribution is 5.98. The first-order chi connectivity index (χ1) is 13.4. The second-order valence-electron chi connectivity index (χ2n) is 6.49. The quantitative estimate of drug-likeness (QED) is 0.247. The van der Waals surface area contributed by atoms with Crippen molar-refractivity contribution in [1.82, 2.24) is 4.57 Å². The summed E-state index contributed by atoms with van der Waals surface area (Å²) < 4.78 is 2.24. The minimum Gasteiger partial charge on any atom is -0.508 e. The Kier molecular flexibility index (Phi) is 5.31. The highest BCUT2D eigenvalue weighted by atomic mass is 16.3. The standard InChI is InChI=1S/C21H19N3O.CH2O2/c1-13-9-15-5-6-16(21(22)23)11-20(15)24(13)12-17-4-2-3-14-10-18(25)7-8-19(14)17;2-1-3/h2-11,25H,12H2,1H3,(H3,22,23);1H,(H,2,3). The molecule has 3 aromatic carbocycles. The molecule has 1 heterocycles. The number of nitrogens with zero attached hydrogens (tertiary/aromatic N) is 1. The average molecular weight is 375 g/mol. The third kappa shape index (κ3) is 3.66. The number of aromatic nitrogens is 1. The highest BCUT2D eigenvalue weighted by Crippen LogP contribution is 2.27. The summed E-state index contributed by atoms with van der Waals surface area (Å²) in [6, 6.07) is 19.6. The molecule has 0 aliphatic heterocycles. The second kappa shape index (κ2) is 7.84. The first kappa shape index (κ1) is 19.0. The maximum absolute atomic E-state index is 9.71. The molecule has 28 heavy (non-hydrogen) atoms. The van der Waals surface area contributed by atoms with E-state index in [1.54, 1.807) is 12.1 Å². The van der Waals surface area contributed by atoms with Gasteiger partial charge in [-0.05, 0) is 52.9 Å². The minimum atomic E-state index is -0.250. The number of nitrogens with two attached hydrogens (primary N) is 1. The van der Waals surface area contributed by atoms with E-state index in [-0.39, 0.29) is 18.1 Å². The van der Waals surface area contributed by atoms with Crippen LogP contribution in [0.1, 0.15) is 16.8 Å². The molecule has 0 unspecified atom stereocenters. The van der Waals surface area contributed by atoms with Gasteiger partial charge in [0, 0.05) is 23.3 Å². The van der Waals surface area contributed by atoms with Gasteiger partial charge >= 0.3 is 0 Å². The van der Waals surface area contributed by atoms with Gasteiger partial charge in [-0.2, -0.15) is 0 Å². The van der Waals surface area contributed by atoms with E-state index in [9.17, 15) is 5.11 Å². The average Bonchev–Trinajstić information content (AvgIpc) is 2.97. The molecule has 4 rings (SSSR count). The Morgan fingerprint density at radius 3 is 2.57 bits per heavy atom. The summed E-state index contributed by atoms with van der Waals surface area (Å²) in [7, 11) is 0. The Morgan fingerprint density at radius 1 is 1.11 bits per heavy atom. The molecule has 6 heteroatoms. The second-order valence-corrected chi connectivity index (χ2v) is 6.49. The van der Waals surface area contributed by atoms with Gasteiger partial charge in [0.25, 0.3) is 6.47 Å². The number of carbonyl (C=O) groups is 1. The lowest BCUT2D eigenvalue weighted by molar-refractivity contribution is -0.122. The van der Waals surface area contributed by atoms with Crippen molar-refractivity contribution < 1.29 is 15.0 Å². The van der Waals surface area contributed by atoms with E-state index in [4.69, 9.17) is 21.0 Å². The number of benzene rings is 3. The third-order valence-electron chi connectivity index (χ3n) is 4.71. The lowest BCUT2D eigenvalue weighted by Gasteiger charge is -2.12. The highest BCUT2D eigenvalue weighted by Gasteiger charge is 2.10. The lowest BCUT2D eigenvalue weighted by atomic mass is 10.0. The number of phenolic OH excluding ortho intramolecular Hbond substituents is 1. The molecule has 5 N–H and O–H groups in total. The summed E-state index contributed by atoms with van der Waals surface area (Å²) in [5.41, 5.74) is 9.80. The molecular formula is C22H21N3O3. The van der Waals surface area contributed by atoms with Gasteiger partial charge in [-0.3, -0.25) is 10.2 Å². The van der Waals surface area contributed by atoms with Gasteiger partial charge in [-0.15, -0.1) is 0 Å². The van der Waals surface area contributed by atoms with Crippen LogP contribution in [0.4, 0.5) is 0 Å². The summed E-state index contributed by atoms with van der Waals surface area (Å²) >= 11 is 0. The van der Waals surface area contributed by atoms with Gasteiger partial charge in [0.05, 0.1) is 0 Å². The van der Waals surface area contributed by atoms with Crippen molar-refractivity contribution in [2.24, 2.45) is 5.73 Å². The van der Waals surface area contributed by atoms with Crippen LogP contribution in [0.25, 0.3) is 21.7 Å². The zero-order valence-electron chi connectivity index (χ0n) is 15.4. The van der Waals surface area contributed by atoms with Crippen LogP contribution in [-0.4, -0.2) is 27.1 Å². The molecule has 0 radical (unpaired) electrons. The number of rotatable bonds is 3. The lowest BCUT2D eigenvalue weighted by Crippen LogP contribution is -2.11. The minimum absolute atomic E-state index is 0.0768. The zero-order valence-corrected chi connectivity index (χ0v) is 15.4. The van der Waals surface area contributed by atoms with E-state index in [1.807, 2.05) is 36.4 Å². The van der Waals surface area contributed by atoms with Gasteiger partial charge < -0.3 is 20.5 Å². The summed E-state index contributed by atoms with van der Waals surface area (Å²) in [5, 5.41) is 27.6. The van der Waals surface area contributed by atoms with Crippen molar-refractivity contribution in [3.63, 3.8) is 0 Å². The van der Waals surface area contributed by atoms with Crippen LogP contribution in [0, 0.1) is 12.3 Å². The monoisotopic (exact) mass is 375 g/mol. The van der Waals surface area contributed by atoms with Gasteiger partial charge in [0.1, 0.15) is 11.6 Å². The number of hydrogen-bond acceptors (Lipinski definition) is 3. The topological polar surface area (TPSA) is 112 Å². The Morgan fingerprint density at radius 2 is 1.86 bits per heavy atom. The van der Waals surface area contributed by atoms with Crippen molar-refractivity contribution in [1.29, 1.82) is 5.41 Å². The molecule has 0 atom stereocenters. The third-order valence-corrected chi connectivity index (χ3v) is 4.71. The van der Waals surface area contributed by atoms with E-state index in [2.05, 4.69) is 23.6 Å². The molecule has 0 fully saturated rings. The van der Waals surface area contributed by atoms with Crippen LogP contribution in [0.3, 0.4) is 0 Å². The van der Waals surface area contributed by atoms with Crippen molar-refractivity contribution in [2.45, 2.75) is 13.5 Å². The van der Waals surface area contributed by atoms with Crippen LogP contribution < -0.4 is 5.73 Å². The van der Waals surface area contributed by atoms with Crippen molar-refractivity contribution in [2.75, 3.05) is 0 Å². The predicted octanol–water partition coefficient (Wildman–Crippen LogP) is 3.84. The van der Waals surface area contributed by atoms with Crippen LogP contribution in [-0.2, 0) is 11.3 Å². The summed E-state index contributed by atoms with van der Waals surface area (Å²) in [6.07, 6.45) is 0. The van der Waals surface area contributed by atoms with E-state index in [0.717, 1.165) is 39.5 Å². The Labute approximate surface area is 162 Å². The number of phenols is 1. The molecular weight excluding hydrogens is 354 g/mol. The molecule has 1 aromatic heterocycles. The molecule has 0 spiro atoms. The molecule has 0 saturated carbocycles. The molecule has 0 aliphatic carbocycles. The number of aryl methyl sites for hydroxylation is 1. The van der Waals surface area contributed by atoms with E-state index in [0.29, 0.717) is 0 Å². The number of hydrogen-bond donors (Lipinski definition) is 4. The van der Waals surface area contributed by atoms with Gasteiger partial charge in [0.15, 0.2) is 0 Å². The SMILES string of the molecule is Cc1cc2ccc(C(=N)N)cc2n1Cc1cccc2cc(O)ccc12.O=CO. The summed E-state index contributed by atoms with van der Waals surface area (Å²) in [6.45, 7) is 2.56.